The van der Waals surface area contributed by atoms with Gasteiger partial charge in [0.25, 0.3) is 0 Å². The van der Waals surface area contributed by atoms with Gasteiger partial charge in [-0.25, -0.2) is 4.39 Å². The third-order valence-electron chi connectivity index (χ3n) is 5.77. The van der Waals surface area contributed by atoms with Crippen molar-refractivity contribution in [3.63, 3.8) is 0 Å². The molecule has 0 aromatic heterocycles. The van der Waals surface area contributed by atoms with Crippen LogP contribution in [0.1, 0.15) is 52.4 Å². The molecule has 0 saturated heterocycles. The fourth-order valence-electron chi connectivity index (χ4n) is 4.53. The van der Waals surface area contributed by atoms with E-state index in [1.165, 1.54) is 0 Å². The van der Waals surface area contributed by atoms with Gasteiger partial charge in [-0.1, -0.05) is 13.3 Å². The molecule has 10 heteroatoms. The molecule has 0 aromatic rings. The Morgan fingerprint density at radius 2 is 1.65 bits per heavy atom. The minimum atomic E-state index is -6.16. The van der Waals surface area contributed by atoms with E-state index in [0.29, 0.717) is 18.8 Å². The Morgan fingerprint density at radius 3 is 2.04 bits per heavy atom. The van der Waals surface area contributed by atoms with E-state index in [1.54, 1.807) is 6.92 Å². The lowest BCUT2D eigenvalue weighted by atomic mass is 9.59. The number of hydrogen-bond acceptors (Lipinski definition) is 4. The predicted octanol–water partition coefficient (Wildman–Crippen LogP) is 3.89. The molecule has 2 rings (SSSR count). The second kappa shape index (κ2) is 6.92. The maximum Gasteiger partial charge on any atom is 0.443 e. The minimum Gasteiger partial charge on any atom is -0.460 e. The molecule has 0 aromatic carbocycles. The van der Waals surface area contributed by atoms with Crippen LogP contribution in [0.25, 0.3) is 0 Å². The molecule has 2 aliphatic rings. The molecule has 1 N–H and O–H groups in total. The molecule has 3 atom stereocenters. The molecule has 26 heavy (non-hydrogen) atoms. The second-order valence-electron chi connectivity index (χ2n) is 7.96. The van der Waals surface area contributed by atoms with Crippen LogP contribution in [0.15, 0.2) is 0 Å². The van der Waals surface area contributed by atoms with Gasteiger partial charge in [0.05, 0.1) is 5.41 Å². The van der Waals surface area contributed by atoms with E-state index in [4.69, 9.17) is 4.55 Å². The molecule has 0 amide bonds. The highest BCUT2D eigenvalue weighted by atomic mass is 32.2. The van der Waals surface area contributed by atoms with Gasteiger partial charge in [0.1, 0.15) is 0 Å². The summed E-state index contributed by atoms with van der Waals surface area (Å²) < 4.78 is 87.0. The van der Waals surface area contributed by atoms with Crippen molar-refractivity contribution >= 4 is 16.1 Å². The van der Waals surface area contributed by atoms with E-state index >= 15 is 0 Å². The van der Waals surface area contributed by atoms with Crippen molar-refractivity contribution in [2.75, 3.05) is 6.61 Å². The Kier molecular flexibility index (Phi) is 5.70. The lowest BCUT2D eigenvalue weighted by Gasteiger charge is -2.46. The molecular weight excluding hydrogens is 380 g/mol. The summed E-state index contributed by atoms with van der Waals surface area (Å²) in [5, 5.41) is -5.04. The lowest BCUT2D eigenvalue weighted by Crippen LogP contribution is -2.52. The number of hydrogen-bond donors (Lipinski definition) is 1. The highest BCUT2D eigenvalue weighted by molar-refractivity contribution is 7.87. The van der Waals surface area contributed by atoms with Gasteiger partial charge in [0.15, 0.2) is 6.61 Å². The molecule has 0 radical (unpaired) electrons. The lowest BCUT2D eigenvalue weighted by molar-refractivity contribution is -0.216. The molecule has 0 heterocycles. The molecule has 2 aliphatic carbocycles. The van der Waals surface area contributed by atoms with Crippen molar-refractivity contribution in [3.05, 3.63) is 0 Å². The zero-order valence-corrected chi connectivity index (χ0v) is 15.5. The number of fused-ring (bicyclic) bond motifs is 2. The standard InChI is InChI=1S/C16H24F4O5S/c1-3-10-4-11-6-12(5-10)8-14(2,7-11)13(21)25-9-15(17,16(18,19)20)26(22,23)24/h10-12H,3-9H2,1-2H3,(H,22,23,24). The Labute approximate surface area is 150 Å². The normalized spacial score (nSPS) is 34.8. The zero-order valence-electron chi connectivity index (χ0n) is 14.7. The van der Waals surface area contributed by atoms with Gasteiger partial charge < -0.3 is 4.74 Å². The van der Waals surface area contributed by atoms with Gasteiger partial charge in [-0.15, -0.1) is 0 Å². The van der Waals surface area contributed by atoms with Gasteiger partial charge in [-0.2, -0.15) is 21.6 Å². The van der Waals surface area contributed by atoms with E-state index in [9.17, 15) is 30.8 Å². The number of rotatable bonds is 5. The number of ether oxygens (including phenoxy) is 1. The molecule has 5 nitrogen and oxygen atoms in total. The fourth-order valence-corrected chi connectivity index (χ4v) is 5.03. The van der Waals surface area contributed by atoms with E-state index in [1.807, 2.05) is 0 Å². The number of esters is 1. The summed E-state index contributed by atoms with van der Waals surface area (Å²) in [4.78, 5) is 12.4. The van der Waals surface area contributed by atoms with Crippen LogP contribution in [0.4, 0.5) is 17.6 Å². The molecule has 0 spiro atoms. The van der Waals surface area contributed by atoms with Gasteiger partial charge in [0.2, 0.25) is 0 Å². The minimum absolute atomic E-state index is 0.240. The summed E-state index contributed by atoms with van der Waals surface area (Å²) in [6.07, 6.45) is -1.28. The molecular formula is C16H24F4O5S. The molecule has 2 bridgehead atoms. The summed E-state index contributed by atoms with van der Waals surface area (Å²) >= 11 is 0. The van der Waals surface area contributed by atoms with E-state index in [-0.39, 0.29) is 11.8 Å². The van der Waals surface area contributed by atoms with E-state index < -0.39 is 39.3 Å². The third kappa shape index (κ3) is 4.00. The van der Waals surface area contributed by atoms with Crippen LogP contribution in [0.2, 0.25) is 0 Å². The first-order valence-corrected chi connectivity index (χ1v) is 10.1. The van der Waals surface area contributed by atoms with Gasteiger partial charge >= 0.3 is 27.3 Å². The summed E-state index contributed by atoms with van der Waals surface area (Å²) in [5.74, 6) is -0.0201. The van der Waals surface area contributed by atoms with Crippen molar-refractivity contribution in [1.82, 2.24) is 0 Å². The SMILES string of the molecule is CCC1CC2CC(C1)CC(C)(C(=O)OCC(F)(C(F)(F)F)S(=O)(=O)O)C2. The van der Waals surface area contributed by atoms with Crippen LogP contribution in [-0.2, 0) is 19.6 Å². The molecule has 2 saturated carbocycles. The largest absolute Gasteiger partial charge is 0.460 e. The maximum atomic E-state index is 13.9. The first-order chi connectivity index (χ1) is 11.7. The van der Waals surface area contributed by atoms with Crippen LogP contribution < -0.4 is 0 Å². The summed E-state index contributed by atoms with van der Waals surface area (Å²) in [7, 11) is -6.16. The fraction of sp³-hybridized carbons (Fsp3) is 0.938. The first-order valence-electron chi connectivity index (χ1n) is 8.61. The van der Waals surface area contributed by atoms with Gasteiger partial charge in [-0.05, 0) is 56.8 Å². The van der Waals surface area contributed by atoms with E-state index in [2.05, 4.69) is 11.7 Å². The van der Waals surface area contributed by atoms with Crippen molar-refractivity contribution in [2.45, 2.75) is 63.5 Å². The topological polar surface area (TPSA) is 80.7 Å². The number of carbonyl (C=O) groups is 1. The number of carbonyl (C=O) groups excluding carboxylic acids is 1. The predicted molar refractivity (Wildman–Crippen MR) is 84.4 cm³/mol. The van der Waals surface area contributed by atoms with E-state index in [0.717, 1.165) is 25.7 Å². The third-order valence-corrected chi connectivity index (χ3v) is 6.94. The average molecular weight is 404 g/mol. The van der Waals surface area contributed by atoms with Crippen LogP contribution in [0, 0.1) is 23.2 Å². The quantitative estimate of drug-likeness (QED) is 0.427. The maximum absolute atomic E-state index is 13.9. The Hall–Kier alpha value is -0.900. The summed E-state index contributed by atoms with van der Waals surface area (Å²) in [6, 6.07) is 0. The second-order valence-corrected chi connectivity index (χ2v) is 9.56. The van der Waals surface area contributed by atoms with Crippen molar-refractivity contribution in [2.24, 2.45) is 23.2 Å². The van der Waals surface area contributed by atoms with Crippen LogP contribution in [-0.4, -0.2) is 36.7 Å². The smallest absolute Gasteiger partial charge is 0.443 e. The average Bonchev–Trinajstić information content (AvgIpc) is 2.48. The Bertz CT molecular complexity index is 634. The van der Waals surface area contributed by atoms with Crippen molar-refractivity contribution in [3.8, 4) is 0 Å². The Balaban J connectivity index is 2.10. The highest BCUT2D eigenvalue weighted by Gasteiger charge is 2.67. The van der Waals surface area contributed by atoms with Crippen molar-refractivity contribution in [1.29, 1.82) is 0 Å². The molecule has 152 valence electrons. The van der Waals surface area contributed by atoms with Crippen LogP contribution >= 0.6 is 0 Å². The number of alkyl halides is 4. The monoisotopic (exact) mass is 404 g/mol. The highest BCUT2D eigenvalue weighted by Crippen LogP contribution is 2.51. The van der Waals surface area contributed by atoms with Crippen LogP contribution in [0.5, 0.6) is 0 Å². The van der Waals surface area contributed by atoms with Gasteiger partial charge in [-0.3, -0.25) is 9.35 Å². The number of halogens is 4. The zero-order chi connectivity index (χ0) is 20.0. The summed E-state index contributed by atoms with van der Waals surface area (Å²) in [6.45, 7) is 1.53. The molecule has 2 fully saturated rings. The van der Waals surface area contributed by atoms with Gasteiger partial charge in [0, 0.05) is 0 Å². The van der Waals surface area contributed by atoms with Crippen molar-refractivity contribution < 1.29 is 40.1 Å². The molecule has 3 unspecified atom stereocenters. The first kappa shape index (κ1) is 21.4. The molecule has 0 aliphatic heterocycles. The van der Waals surface area contributed by atoms with Crippen LogP contribution in [0.3, 0.4) is 0 Å². The summed E-state index contributed by atoms with van der Waals surface area (Å²) in [5.41, 5.74) is -1.09. The Morgan fingerprint density at radius 1 is 1.15 bits per heavy atom.